The first-order valence-electron chi connectivity index (χ1n) is 10.9. The zero-order valence-electron chi connectivity index (χ0n) is 18.2. The number of allylic oxidation sites excluding steroid dienone is 2. The average molecular weight is 577 g/mol. The van der Waals surface area contributed by atoms with Crippen LogP contribution >= 0.6 is 22.6 Å². The van der Waals surface area contributed by atoms with E-state index in [0.29, 0.717) is 16.1 Å². The van der Waals surface area contributed by atoms with Crippen LogP contribution < -0.4 is 16.2 Å². The highest BCUT2D eigenvalue weighted by molar-refractivity contribution is 14.1. The summed E-state index contributed by atoms with van der Waals surface area (Å²) in [5, 5.41) is 11.0. The minimum atomic E-state index is -0.875. The minimum Gasteiger partial charge on any atom is -0.350 e. The summed E-state index contributed by atoms with van der Waals surface area (Å²) in [7, 11) is 0. The number of fused-ring (bicyclic) bond motifs is 1. The Hall–Kier alpha value is -3.00. The van der Waals surface area contributed by atoms with Gasteiger partial charge in [-0.05, 0) is 48.7 Å². The molecule has 12 nitrogen and oxygen atoms in total. The first-order chi connectivity index (χ1) is 16.5. The molecule has 0 spiro atoms. The third-order valence-electron chi connectivity index (χ3n) is 6.39. The van der Waals surface area contributed by atoms with E-state index in [2.05, 4.69) is 48.0 Å². The summed E-state index contributed by atoms with van der Waals surface area (Å²) in [4.78, 5) is 42.4. The van der Waals surface area contributed by atoms with Gasteiger partial charge in [0.15, 0.2) is 0 Å². The van der Waals surface area contributed by atoms with Crippen LogP contribution in [0, 0.1) is 4.91 Å². The maximum absolute atomic E-state index is 13.4. The molecule has 2 aliphatic heterocycles. The zero-order chi connectivity index (χ0) is 24.2. The van der Waals surface area contributed by atoms with Crippen LogP contribution in [-0.4, -0.2) is 51.0 Å². The average Bonchev–Trinajstić information content (AvgIpc) is 3.40. The summed E-state index contributed by atoms with van der Waals surface area (Å²) < 4.78 is 0.449. The maximum Gasteiger partial charge on any atom is 0.316 e. The Kier molecular flexibility index (Phi) is 7.46. The van der Waals surface area contributed by atoms with E-state index in [9.17, 15) is 14.5 Å². The second-order valence-electron chi connectivity index (χ2n) is 8.21. The van der Waals surface area contributed by atoms with Crippen molar-refractivity contribution < 1.29 is 9.59 Å². The van der Waals surface area contributed by atoms with Gasteiger partial charge in [-0.25, -0.2) is 5.84 Å². The molecule has 178 valence electrons. The molecule has 3 aliphatic rings. The first-order valence-corrected chi connectivity index (χ1v) is 12.4. The lowest BCUT2D eigenvalue weighted by Crippen LogP contribution is -2.68. The quantitative estimate of drug-likeness (QED) is 0.0580. The molecule has 2 fully saturated rings. The van der Waals surface area contributed by atoms with Crippen LogP contribution in [-0.2, 0) is 4.79 Å². The highest BCUT2D eigenvalue weighted by atomic mass is 127. The largest absolute Gasteiger partial charge is 0.350 e. The molecule has 1 aromatic rings. The molecule has 1 aliphatic carbocycles. The van der Waals surface area contributed by atoms with Crippen molar-refractivity contribution in [2.24, 2.45) is 16.1 Å². The number of hydrazine groups is 1. The number of nitrogens with zero attached hydrogens (tertiary/aromatic N) is 7. The summed E-state index contributed by atoms with van der Waals surface area (Å²) in [5.41, 5.74) is 10.3. The predicted molar refractivity (Wildman–Crippen MR) is 134 cm³/mol. The van der Waals surface area contributed by atoms with Gasteiger partial charge >= 0.3 is 5.91 Å². The molecule has 0 radical (unpaired) electrons. The highest BCUT2D eigenvalue weighted by Crippen LogP contribution is 2.36. The SMILES string of the molecule is [N-]=[N+]=NC[C@@H]1C(=O)N(CI)C2=CC=C(N(N)c3cccc(C(=O)N=O)c3)NC2N1C1CCCC1. The Morgan fingerprint density at radius 1 is 1.32 bits per heavy atom. The number of hydrogen-bond donors (Lipinski definition) is 2. The second-order valence-corrected chi connectivity index (χ2v) is 8.89. The highest BCUT2D eigenvalue weighted by Gasteiger charge is 2.47. The number of hydrogen-bond acceptors (Lipinski definition) is 8. The number of halogens is 1. The van der Waals surface area contributed by atoms with Gasteiger partial charge in [0.1, 0.15) is 12.0 Å². The van der Waals surface area contributed by atoms with Crippen molar-refractivity contribution in [3.63, 3.8) is 0 Å². The van der Waals surface area contributed by atoms with E-state index in [0.717, 1.165) is 31.4 Å². The Morgan fingerprint density at radius 2 is 2.09 bits per heavy atom. The van der Waals surface area contributed by atoms with E-state index >= 15 is 0 Å². The third kappa shape index (κ3) is 4.51. The van der Waals surface area contributed by atoms with E-state index in [1.807, 2.05) is 6.08 Å². The van der Waals surface area contributed by atoms with Crippen LogP contribution in [0.1, 0.15) is 36.0 Å². The van der Waals surface area contributed by atoms with Gasteiger partial charge < -0.3 is 10.2 Å². The summed E-state index contributed by atoms with van der Waals surface area (Å²) in [5.74, 6) is 5.98. The summed E-state index contributed by atoms with van der Waals surface area (Å²) in [6, 6.07) is 5.89. The van der Waals surface area contributed by atoms with Crippen LogP contribution in [0.4, 0.5) is 5.69 Å². The maximum atomic E-state index is 13.4. The molecule has 2 amide bonds. The van der Waals surface area contributed by atoms with Crippen molar-refractivity contribution in [2.75, 3.05) is 16.1 Å². The van der Waals surface area contributed by atoms with Crippen LogP contribution in [0.3, 0.4) is 0 Å². The van der Waals surface area contributed by atoms with Crippen LogP contribution in [0.2, 0.25) is 0 Å². The van der Waals surface area contributed by atoms with Crippen molar-refractivity contribution in [2.45, 2.75) is 43.9 Å². The van der Waals surface area contributed by atoms with Gasteiger partial charge in [0.25, 0.3) is 0 Å². The van der Waals surface area contributed by atoms with Crippen LogP contribution in [0.25, 0.3) is 10.4 Å². The monoisotopic (exact) mass is 577 g/mol. The number of carbonyl (C=O) groups excluding carboxylic acids is 2. The lowest BCUT2D eigenvalue weighted by Gasteiger charge is -2.51. The number of azide groups is 1. The molecule has 0 bridgehead atoms. The number of amides is 2. The van der Waals surface area contributed by atoms with Gasteiger partial charge in [-0.3, -0.25) is 19.5 Å². The summed E-state index contributed by atoms with van der Waals surface area (Å²) in [6.07, 6.45) is 7.31. The van der Waals surface area contributed by atoms with Gasteiger partial charge in [0.2, 0.25) is 5.91 Å². The molecule has 3 N–H and O–H groups in total. The van der Waals surface area contributed by atoms with E-state index in [1.54, 1.807) is 23.1 Å². The molecular formula is C21H24IN9O3. The predicted octanol–water partition coefficient (Wildman–Crippen LogP) is 3.09. The number of dihydropyridines is 1. The fourth-order valence-electron chi connectivity index (χ4n) is 4.81. The Bertz CT molecular complexity index is 1090. The molecule has 2 heterocycles. The summed E-state index contributed by atoms with van der Waals surface area (Å²) >= 11 is 2.15. The van der Waals surface area contributed by atoms with Gasteiger partial charge in [-0.2, -0.15) is 0 Å². The number of alkyl halides is 1. The van der Waals surface area contributed by atoms with E-state index in [1.165, 1.54) is 17.1 Å². The number of nitrogens with two attached hydrogens (primary N) is 1. The number of nitroso groups, excluding NO2 is 1. The van der Waals surface area contributed by atoms with Gasteiger partial charge in [0.05, 0.1) is 28.5 Å². The van der Waals surface area contributed by atoms with Crippen molar-refractivity contribution in [1.29, 1.82) is 0 Å². The van der Waals surface area contributed by atoms with Crippen LogP contribution in [0.5, 0.6) is 0 Å². The second kappa shape index (κ2) is 10.5. The molecule has 34 heavy (non-hydrogen) atoms. The smallest absolute Gasteiger partial charge is 0.316 e. The van der Waals surface area contributed by atoms with E-state index in [4.69, 9.17) is 11.4 Å². The van der Waals surface area contributed by atoms with Crippen molar-refractivity contribution in [3.05, 3.63) is 68.8 Å². The Labute approximate surface area is 209 Å². The van der Waals surface area contributed by atoms with Crippen molar-refractivity contribution in [1.82, 2.24) is 15.1 Å². The van der Waals surface area contributed by atoms with Gasteiger partial charge in [-0.1, -0.05) is 46.6 Å². The number of nitrogens with one attached hydrogen (secondary N) is 1. The molecule has 0 aromatic heterocycles. The zero-order valence-corrected chi connectivity index (χ0v) is 20.4. The number of rotatable bonds is 7. The lowest BCUT2D eigenvalue weighted by atomic mass is 10.00. The molecule has 1 unspecified atom stereocenters. The van der Waals surface area contributed by atoms with Crippen LogP contribution in [0.15, 0.2) is 58.2 Å². The van der Waals surface area contributed by atoms with Crippen molar-refractivity contribution in [3.8, 4) is 0 Å². The Balaban J connectivity index is 1.70. The molecule has 2 atom stereocenters. The number of carbonyl (C=O) groups is 2. The lowest BCUT2D eigenvalue weighted by molar-refractivity contribution is -0.141. The van der Waals surface area contributed by atoms with Gasteiger partial charge in [0, 0.05) is 21.7 Å². The topological polar surface area (TPSA) is 160 Å². The molecular weight excluding hydrogens is 553 g/mol. The molecule has 4 rings (SSSR count). The normalized spacial score (nSPS) is 22.8. The van der Waals surface area contributed by atoms with E-state index < -0.39 is 11.9 Å². The number of benzene rings is 1. The van der Waals surface area contributed by atoms with Crippen molar-refractivity contribution >= 4 is 40.1 Å². The summed E-state index contributed by atoms with van der Waals surface area (Å²) in [6.45, 7) is 0.0403. The molecule has 1 saturated carbocycles. The molecule has 13 heteroatoms. The third-order valence-corrected chi connectivity index (χ3v) is 7.08. The first kappa shape index (κ1) is 24.1. The Morgan fingerprint density at radius 3 is 2.76 bits per heavy atom. The minimum absolute atomic E-state index is 0.0403. The molecule has 1 aromatic carbocycles. The fourth-order valence-corrected chi connectivity index (χ4v) is 5.54. The van der Waals surface area contributed by atoms with E-state index in [-0.39, 0.29) is 30.2 Å². The standard InChI is InChI=1S/C21H24IN9O3/c22-12-29-16-8-9-18(31(24)15-7-3-4-13(10-15)20(32)27-34)26-19(16)30(14-5-1-2-6-14)17(21(29)33)11-25-28-23/h3-4,7-10,14,17,19,26H,1-2,5-6,11-12,24H2/t17-,19?/m1/s1. The number of piperazine rings is 1. The number of anilines is 1. The molecule has 1 saturated heterocycles. The van der Waals surface area contributed by atoms with Gasteiger partial charge in [-0.15, -0.1) is 4.91 Å². The fraction of sp³-hybridized carbons (Fsp3) is 0.429.